The van der Waals surface area contributed by atoms with Crippen LogP contribution in [0.25, 0.3) is 10.8 Å². The molecule has 0 aliphatic rings. The number of fused-ring (bicyclic) bond motifs is 1. The van der Waals surface area contributed by atoms with Gasteiger partial charge in [-0.15, -0.1) is 0 Å². The second-order valence-corrected chi connectivity index (χ2v) is 6.73. The molecule has 0 saturated heterocycles. The Hall–Kier alpha value is -3.67. The lowest BCUT2D eigenvalue weighted by Gasteiger charge is -2.09. The molecule has 0 spiro atoms. The molecule has 4 aromatic rings. The molecule has 0 fully saturated rings. The molecule has 1 aromatic carbocycles. The van der Waals surface area contributed by atoms with Crippen LogP contribution in [-0.4, -0.2) is 15.0 Å². The van der Waals surface area contributed by atoms with Crippen molar-refractivity contribution in [3.63, 3.8) is 0 Å². The van der Waals surface area contributed by atoms with Crippen molar-refractivity contribution in [3.8, 4) is 11.8 Å². The van der Waals surface area contributed by atoms with Crippen LogP contribution in [0, 0.1) is 17.7 Å². The van der Waals surface area contributed by atoms with E-state index in [-0.39, 0.29) is 0 Å². The second kappa shape index (κ2) is 8.14. The number of aromatic nitrogens is 3. The van der Waals surface area contributed by atoms with E-state index in [2.05, 4.69) is 32.1 Å². The Morgan fingerprint density at radius 1 is 1.00 bits per heavy atom. The fraction of sp³-hybridized carbons (Fsp3) is 0. The van der Waals surface area contributed by atoms with E-state index in [1.807, 2.05) is 6.07 Å². The van der Waals surface area contributed by atoms with E-state index in [1.54, 1.807) is 48.9 Å². The van der Waals surface area contributed by atoms with Gasteiger partial charge in [0.2, 0.25) is 0 Å². The highest BCUT2D eigenvalue weighted by Crippen LogP contribution is 2.25. The average molecular weight is 402 g/mol. The summed E-state index contributed by atoms with van der Waals surface area (Å²) < 4.78 is 14.3. The molecule has 0 aliphatic heterocycles. The van der Waals surface area contributed by atoms with E-state index in [0.29, 0.717) is 33.5 Å². The first kappa shape index (κ1) is 18.7. The van der Waals surface area contributed by atoms with Gasteiger partial charge in [-0.25, -0.2) is 19.3 Å². The first-order valence-corrected chi connectivity index (χ1v) is 9.42. The Balaban J connectivity index is 1.71. The minimum Gasteiger partial charge on any atom is -0.383 e. The summed E-state index contributed by atoms with van der Waals surface area (Å²) in [5.41, 5.74) is 7.33. The third kappa shape index (κ3) is 4.11. The minimum absolute atomic E-state index is 0.300. The molecule has 29 heavy (non-hydrogen) atoms. The molecular weight excluding hydrogens is 387 g/mol. The topological polar surface area (TPSA) is 103 Å². The summed E-state index contributed by atoms with van der Waals surface area (Å²) >= 11 is 0.986. The predicted molar refractivity (Wildman–Crippen MR) is 114 cm³/mol. The lowest BCUT2D eigenvalue weighted by molar-refractivity contribution is 0.628. The number of nitrogens with two attached hydrogens (primary N) is 2. The van der Waals surface area contributed by atoms with Crippen molar-refractivity contribution in [1.29, 1.82) is 0 Å². The minimum atomic E-state index is -0.416. The number of hydrogen-bond acceptors (Lipinski definition) is 7. The zero-order chi connectivity index (χ0) is 20.2. The van der Waals surface area contributed by atoms with Crippen molar-refractivity contribution in [2.24, 2.45) is 5.14 Å². The van der Waals surface area contributed by atoms with Crippen LogP contribution < -0.4 is 16.2 Å². The molecule has 4 rings (SSSR count). The van der Waals surface area contributed by atoms with E-state index < -0.39 is 5.82 Å². The van der Waals surface area contributed by atoms with Gasteiger partial charge in [-0.2, -0.15) is 0 Å². The number of hydrogen-bond donors (Lipinski definition) is 3. The van der Waals surface area contributed by atoms with Gasteiger partial charge in [0, 0.05) is 34.3 Å². The lowest BCUT2D eigenvalue weighted by Crippen LogP contribution is -1.98. The Morgan fingerprint density at radius 3 is 2.69 bits per heavy atom. The summed E-state index contributed by atoms with van der Waals surface area (Å²) in [5.74, 6) is 6.45. The van der Waals surface area contributed by atoms with Crippen molar-refractivity contribution in [1.82, 2.24) is 15.0 Å². The SMILES string of the molecule is NSc1ccc(Nc2cc3c(C#Cc4cccnc4N)nccc3cn2)c(F)c1. The molecule has 0 amide bonds. The highest BCUT2D eigenvalue weighted by Gasteiger charge is 2.07. The largest absolute Gasteiger partial charge is 0.383 e. The number of anilines is 3. The fourth-order valence-corrected chi connectivity index (χ4v) is 3.01. The molecule has 0 bridgehead atoms. The van der Waals surface area contributed by atoms with Gasteiger partial charge in [0.15, 0.2) is 0 Å². The molecule has 0 atom stereocenters. The molecule has 6 nitrogen and oxygen atoms in total. The van der Waals surface area contributed by atoms with Crippen LogP contribution in [-0.2, 0) is 0 Å². The average Bonchev–Trinajstić information content (AvgIpc) is 2.74. The maximum Gasteiger partial charge on any atom is 0.147 e. The maximum absolute atomic E-state index is 14.3. The molecular formula is C21H15FN6S. The standard InChI is InChI=1S/C21H15FN6S/c22-17-10-15(29-24)4-6-19(17)28-20-11-16-14(12-27-20)7-9-25-18(16)5-3-13-2-1-8-26-21(13)23/h1-2,4,6-12H,24H2,(H2,23,26)(H,27,28). The van der Waals surface area contributed by atoms with Crippen LogP contribution in [0.4, 0.5) is 21.7 Å². The zero-order valence-electron chi connectivity index (χ0n) is 15.1. The van der Waals surface area contributed by atoms with Crippen molar-refractivity contribution < 1.29 is 4.39 Å². The summed E-state index contributed by atoms with van der Waals surface area (Å²) in [4.78, 5) is 13.4. The summed E-state index contributed by atoms with van der Waals surface area (Å²) in [6.07, 6.45) is 4.96. The summed E-state index contributed by atoms with van der Waals surface area (Å²) in [7, 11) is 0. The van der Waals surface area contributed by atoms with Crippen molar-refractivity contribution in [2.45, 2.75) is 4.90 Å². The monoisotopic (exact) mass is 402 g/mol. The quantitative estimate of drug-likeness (QED) is 0.353. The number of nitrogens with one attached hydrogen (secondary N) is 1. The summed E-state index contributed by atoms with van der Waals surface area (Å²) in [6.45, 7) is 0. The van der Waals surface area contributed by atoms with Crippen LogP contribution in [0.3, 0.4) is 0 Å². The van der Waals surface area contributed by atoms with Gasteiger partial charge in [-0.05, 0) is 60.3 Å². The van der Waals surface area contributed by atoms with Gasteiger partial charge in [0.1, 0.15) is 23.1 Å². The molecule has 5 N–H and O–H groups in total. The molecule has 0 radical (unpaired) electrons. The van der Waals surface area contributed by atoms with Gasteiger partial charge < -0.3 is 11.1 Å². The third-order valence-corrected chi connectivity index (χ3v) is 4.67. The van der Waals surface area contributed by atoms with E-state index in [1.165, 1.54) is 6.07 Å². The molecule has 0 unspecified atom stereocenters. The first-order valence-electron chi connectivity index (χ1n) is 8.54. The van der Waals surface area contributed by atoms with Crippen molar-refractivity contribution in [3.05, 3.63) is 78.1 Å². The third-order valence-electron chi connectivity index (χ3n) is 4.14. The molecule has 0 saturated carbocycles. The predicted octanol–water partition coefficient (Wildman–Crippen LogP) is 3.86. The Kier molecular flexibility index (Phi) is 5.24. The molecule has 142 valence electrons. The Bertz CT molecular complexity index is 1260. The Labute approximate surface area is 170 Å². The van der Waals surface area contributed by atoms with E-state index in [0.717, 1.165) is 22.7 Å². The van der Waals surface area contributed by atoms with Crippen LogP contribution in [0.1, 0.15) is 11.3 Å². The molecule has 3 heterocycles. The van der Waals surface area contributed by atoms with E-state index >= 15 is 0 Å². The smallest absolute Gasteiger partial charge is 0.147 e. The number of nitrogens with zero attached hydrogens (tertiary/aromatic N) is 3. The van der Waals surface area contributed by atoms with Crippen LogP contribution >= 0.6 is 11.9 Å². The number of nitrogen functional groups attached to an aromatic ring is 1. The maximum atomic E-state index is 14.3. The van der Waals surface area contributed by atoms with Gasteiger partial charge in [0.25, 0.3) is 0 Å². The summed E-state index contributed by atoms with van der Waals surface area (Å²) in [5, 5.41) is 10.1. The first-order chi connectivity index (χ1) is 14.1. The lowest BCUT2D eigenvalue weighted by atomic mass is 10.1. The van der Waals surface area contributed by atoms with Crippen molar-refractivity contribution in [2.75, 3.05) is 11.1 Å². The van der Waals surface area contributed by atoms with Crippen LogP contribution in [0.2, 0.25) is 0 Å². The molecule has 0 aliphatic carbocycles. The van der Waals surface area contributed by atoms with Gasteiger partial charge >= 0.3 is 0 Å². The van der Waals surface area contributed by atoms with Gasteiger partial charge in [-0.1, -0.05) is 5.92 Å². The normalized spacial score (nSPS) is 10.4. The molecule has 8 heteroatoms. The van der Waals surface area contributed by atoms with Crippen LogP contribution in [0.15, 0.2) is 66.0 Å². The van der Waals surface area contributed by atoms with Crippen LogP contribution in [0.5, 0.6) is 0 Å². The highest BCUT2D eigenvalue weighted by atomic mass is 32.2. The summed E-state index contributed by atoms with van der Waals surface area (Å²) in [6, 6.07) is 11.9. The number of benzene rings is 1. The zero-order valence-corrected chi connectivity index (χ0v) is 15.9. The number of pyridine rings is 3. The van der Waals surface area contributed by atoms with Gasteiger partial charge in [-0.3, -0.25) is 5.14 Å². The number of halogens is 1. The van der Waals surface area contributed by atoms with E-state index in [9.17, 15) is 4.39 Å². The highest BCUT2D eigenvalue weighted by molar-refractivity contribution is 7.97. The fourth-order valence-electron chi connectivity index (χ4n) is 2.69. The second-order valence-electron chi connectivity index (χ2n) is 6.02. The van der Waals surface area contributed by atoms with E-state index in [4.69, 9.17) is 10.9 Å². The number of rotatable bonds is 3. The van der Waals surface area contributed by atoms with Crippen molar-refractivity contribution >= 4 is 40.0 Å². The Morgan fingerprint density at radius 2 is 1.90 bits per heavy atom. The van der Waals surface area contributed by atoms with Gasteiger partial charge in [0.05, 0.1) is 11.3 Å². The molecule has 3 aromatic heterocycles.